The third kappa shape index (κ3) is 3.39. The molecule has 142 valence electrons. The highest BCUT2D eigenvalue weighted by molar-refractivity contribution is 8.18. The van der Waals surface area contributed by atoms with Gasteiger partial charge < -0.3 is 4.90 Å². The minimum atomic E-state index is -0.301. The number of carbonyl (C=O) groups excluding carboxylic acids is 2. The maximum absolute atomic E-state index is 12.5. The number of thioether (sulfide) groups is 1. The van der Waals surface area contributed by atoms with Gasteiger partial charge in [0.25, 0.3) is 11.1 Å². The Hall–Kier alpha value is -2.19. The molecule has 0 aromatic heterocycles. The van der Waals surface area contributed by atoms with Crippen LogP contribution in [0.15, 0.2) is 17.0 Å². The van der Waals surface area contributed by atoms with Gasteiger partial charge in [-0.1, -0.05) is 12.8 Å². The molecule has 2 amide bonds. The smallest absolute Gasteiger partial charge is 0.294 e. The third-order valence-electron chi connectivity index (χ3n) is 5.50. The van der Waals surface area contributed by atoms with E-state index in [0.717, 1.165) is 40.8 Å². The molecule has 1 fully saturated rings. The van der Waals surface area contributed by atoms with Gasteiger partial charge in [-0.25, -0.2) is 0 Å². The average molecular weight is 383 g/mol. The van der Waals surface area contributed by atoms with Crippen molar-refractivity contribution in [3.05, 3.63) is 33.7 Å². The molecular formula is C22H26N2O2S. The van der Waals surface area contributed by atoms with E-state index in [4.69, 9.17) is 6.42 Å². The van der Waals surface area contributed by atoms with Crippen LogP contribution < -0.4 is 4.90 Å². The van der Waals surface area contributed by atoms with Crippen LogP contribution in [0, 0.1) is 19.3 Å². The van der Waals surface area contributed by atoms with Gasteiger partial charge >= 0.3 is 0 Å². The SMILES string of the molecule is C#CCN1C(=O)S/C(=C/c2cc3c(cc2C)N(CC)C(C)(C)CC3C)C1=O. The number of hydrogen-bond acceptors (Lipinski definition) is 4. The van der Waals surface area contributed by atoms with Crippen molar-refractivity contribution in [3.8, 4) is 12.3 Å². The lowest BCUT2D eigenvalue weighted by Crippen LogP contribution is -2.48. The summed E-state index contributed by atoms with van der Waals surface area (Å²) in [6.07, 6.45) is 8.18. The second-order valence-electron chi connectivity index (χ2n) is 7.90. The summed E-state index contributed by atoms with van der Waals surface area (Å²) in [6, 6.07) is 4.40. The number of fused-ring (bicyclic) bond motifs is 1. The van der Waals surface area contributed by atoms with Crippen LogP contribution in [-0.4, -0.2) is 34.7 Å². The first-order chi connectivity index (χ1) is 12.7. The highest BCUT2D eigenvalue weighted by atomic mass is 32.2. The van der Waals surface area contributed by atoms with Gasteiger partial charge in [0, 0.05) is 17.8 Å². The molecule has 1 aromatic carbocycles. The summed E-state index contributed by atoms with van der Waals surface area (Å²) in [5.41, 5.74) is 4.78. The minimum Gasteiger partial charge on any atom is -0.366 e. The Morgan fingerprint density at radius 2 is 2.07 bits per heavy atom. The summed E-state index contributed by atoms with van der Waals surface area (Å²) in [6.45, 7) is 12.1. The molecule has 4 nitrogen and oxygen atoms in total. The molecule has 1 aromatic rings. The molecule has 0 aliphatic carbocycles. The molecule has 0 radical (unpaired) electrons. The number of benzene rings is 1. The van der Waals surface area contributed by atoms with E-state index in [1.54, 1.807) is 0 Å². The summed E-state index contributed by atoms with van der Waals surface area (Å²) < 4.78 is 0. The summed E-state index contributed by atoms with van der Waals surface area (Å²) in [5.74, 6) is 2.50. The van der Waals surface area contributed by atoms with Gasteiger partial charge in [0.05, 0.1) is 11.4 Å². The second-order valence-corrected chi connectivity index (χ2v) is 8.89. The largest absolute Gasteiger partial charge is 0.366 e. The van der Waals surface area contributed by atoms with Gasteiger partial charge in [-0.05, 0) is 86.7 Å². The van der Waals surface area contributed by atoms with Crippen molar-refractivity contribution in [1.29, 1.82) is 0 Å². The normalized spacial score (nSPS) is 23.0. The van der Waals surface area contributed by atoms with Gasteiger partial charge in [-0.15, -0.1) is 6.42 Å². The molecule has 0 bridgehead atoms. The highest BCUT2D eigenvalue weighted by Crippen LogP contribution is 2.44. The van der Waals surface area contributed by atoms with Crippen molar-refractivity contribution in [3.63, 3.8) is 0 Å². The number of imide groups is 1. The fraction of sp³-hybridized carbons (Fsp3) is 0.455. The van der Waals surface area contributed by atoms with Crippen molar-refractivity contribution in [2.75, 3.05) is 18.0 Å². The molecule has 2 aliphatic rings. The quantitative estimate of drug-likeness (QED) is 0.557. The van der Waals surface area contributed by atoms with Crippen LogP contribution in [0.2, 0.25) is 0 Å². The van der Waals surface area contributed by atoms with Gasteiger partial charge in [-0.3, -0.25) is 14.5 Å². The molecule has 1 atom stereocenters. The lowest BCUT2D eigenvalue weighted by atomic mass is 9.79. The Morgan fingerprint density at radius 3 is 2.70 bits per heavy atom. The number of terminal acetylenes is 1. The fourth-order valence-corrected chi connectivity index (χ4v) is 5.10. The van der Waals surface area contributed by atoms with Crippen LogP contribution in [0.1, 0.15) is 56.7 Å². The number of aryl methyl sites for hydroxylation is 1. The van der Waals surface area contributed by atoms with Crippen LogP contribution >= 0.6 is 11.8 Å². The molecule has 27 heavy (non-hydrogen) atoms. The van der Waals surface area contributed by atoms with E-state index in [9.17, 15) is 9.59 Å². The molecule has 1 unspecified atom stereocenters. The highest BCUT2D eigenvalue weighted by Gasteiger charge is 2.37. The van der Waals surface area contributed by atoms with Crippen LogP contribution in [-0.2, 0) is 4.79 Å². The van der Waals surface area contributed by atoms with Crippen LogP contribution in [0.3, 0.4) is 0 Å². The van der Waals surface area contributed by atoms with Gasteiger partial charge in [0.2, 0.25) is 0 Å². The predicted molar refractivity (Wildman–Crippen MR) is 113 cm³/mol. The molecule has 0 N–H and O–H groups in total. The Morgan fingerprint density at radius 1 is 1.37 bits per heavy atom. The van der Waals surface area contributed by atoms with E-state index >= 15 is 0 Å². The first-order valence-corrected chi connectivity index (χ1v) is 10.1. The molecular weight excluding hydrogens is 356 g/mol. The topological polar surface area (TPSA) is 40.6 Å². The van der Waals surface area contributed by atoms with E-state index < -0.39 is 0 Å². The molecule has 5 heteroatoms. The summed E-state index contributed by atoms with van der Waals surface area (Å²) in [7, 11) is 0. The van der Waals surface area contributed by atoms with Gasteiger partial charge in [-0.2, -0.15) is 0 Å². The summed E-state index contributed by atoms with van der Waals surface area (Å²) in [4.78, 5) is 28.5. The second kappa shape index (κ2) is 7.09. The number of rotatable bonds is 3. The van der Waals surface area contributed by atoms with Crippen molar-refractivity contribution in [2.24, 2.45) is 0 Å². The van der Waals surface area contributed by atoms with E-state index in [-0.39, 0.29) is 23.2 Å². The van der Waals surface area contributed by atoms with Crippen LogP contribution in [0.4, 0.5) is 10.5 Å². The van der Waals surface area contributed by atoms with E-state index in [2.05, 4.69) is 57.6 Å². The average Bonchev–Trinajstić information content (AvgIpc) is 2.84. The zero-order chi connectivity index (χ0) is 19.9. The molecule has 2 aliphatic heterocycles. The van der Waals surface area contributed by atoms with E-state index in [1.165, 1.54) is 11.3 Å². The number of amides is 2. The van der Waals surface area contributed by atoms with Crippen molar-refractivity contribution in [1.82, 2.24) is 4.90 Å². The Balaban J connectivity index is 2.03. The number of anilines is 1. The number of hydrogen-bond donors (Lipinski definition) is 0. The van der Waals surface area contributed by atoms with E-state index in [1.807, 2.05) is 6.08 Å². The van der Waals surface area contributed by atoms with Gasteiger partial charge in [0.1, 0.15) is 0 Å². The van der Waals surface area contributed by atoms with Crippen molar-refractivity contribution >= 4 is 34.7 Å². The lowest BCUT2D eigenvalue weighted by molar-refractivity contribution is -0.122. The predicted octanol–water partition coefficient (Wildman–Crippen LogP) is 4.78. The number of nitrogens with zero attached hydrogens (tertiary/aromatic N) is 2. The zero-order valence-corrected chi connectivity index (χ0v) is 17.4. The third-order valence-corrected chi connectivity index (χ3v) is 6.41. The molecule has 1 saturated heterocycles. The molecule has 0 saturated carbocycles. The summed E-state index contributed by atoms with van der Waals surface area (Å²) in [5, 5.41) is -0.299. The molecule has 2 heterocycles. The maximum atomic E-state index is 12.5. The van der Waals surface area contributed by atoms with E-state index in [0.29, 0.717) is 10.8 Å². The number of carbonyl (C=O) groups is 2. The standard InChI is InChI=1S/C22H26N2O2S/c1-7-9-23-20(25)19(27-21(23)26)12-16-11-17-15(4)13-22(5,6)24(8-2)18(17)10-14(16)3/h1,10-12,15H,8-9,13H2,2-6H3/b19-12+. The van der Waals surface area contributed by atoms with Crippen LogP contribution in [0.25, 0.3) is 6.08 Å². The fourth-order valence-electron chi connectivity index (χ4n) is 4.27. The lowest BCUT2D eigenvalue weighted by Gasteiger charge is -2.47. The first-order valence-electron chi connectivity index (χ1n) is 9.30. The maximum Gasteiger partial charge on any atom is 0.294 e. The van der Waals surface area contributed by atoms with Crippen LogP contribution in [0.5, 0.6) is 0 Å². The summed E-state index contributed by atoms with van der Waals surface area (Å²) >= 11 is 0.961. The monoisotopic (exact) mass is 382 g/mol. The van der Waals surface area contributed by atoms with Gasteiger partial charge in [0.15, 0.2) is 0 Å². The Bertz CT molecular complexity index is 879. The first kappa shape index (κ1) is 19.6. The van der Waals surface area contributed by atoms with Crippen molar-refractivity contribution in [2.45, 2.75) is 52.5 Å². The Kier molecular flexibility index (Phi) is 5.14. The van der Waals surface area contributed by atoms with Crippen molar-refractivity contribution < 1.29 is 9.59 Å². The zero-order valence-electron chi connectivity index (χ0n) is 16.6. The minimum absolute atomic E-state index is 0.0166. The molecule has 3 rings (SSSR count). The Labute approximate surface area is 166 Å². The molecule has 0 spiro atoms.